The van der Waals surface area contributed by atoms with Crippen LogP contribution in [0.2, 0.25) is 0 Å². The van der Waals surface area contributed by atoms with Crippen LogP contribution in [0.5, 0.6) is 17.2 Å². The van der Waals surface area contributed by atoms with Gasteiger partial charge in [-0.2, -0.15) is 0 Å². The summed E-state index contributed by atoms with van der Waals surface area (Å²) in [5.74, 6) is -10.3. The number of ether oxygens (including phenoxy) is 1. The average molecular weight is 460 g/mol. The van der Waals surface area contributed by atoms with Crippen molar-refractivity contribution in [3.8, 4) is 17.2 Å². The number of hydrogen-bond acceptors (Lipinski definition) is 11. The van der Waals surface area contributed by atoms with Crippen molar-refractivity contribution in [1.82, 2.24) is 9.80 Å². The van der Waals surface area contributed by atoms with E-state index in [1.807, 2.05) is 0 Å². The Bertz CT molecular complexity index is 861. The highest BCUT2D eigenvalue weighted by atomic mass is 16.6. The molecule has 0 saturated carbocycles. The lowest BCUT2D eigenvalue weighted by atomic mass is 10.2. The molecule has 15 nitrogen and oxygen atoms in total. The van der Waals surface area contributed by atoms with Crippen molar-refractivity contribution in [2.75, 3.05) is 32.7 Å². The highest BCUT2D eigenvalue weighted by molar-refractivity contribution is 5.92. The van der Waals surface area contributed by atoms with Crippen molar-refractivity contribution in [2.24, 2.45) is 0 Å². The fraction of sp³-hybridized carbons (Fsp3) is 0.353. The monoisotopic (exact) mass is 460 g/mol. The Morgan fingerprint density at radius 1 is 0.781 bits per heavy atom. The molecule has 15 heteroatoms. The molecule has 0 aliphatic heterocycles. The Morgan fingerprint density at radius 3 is 1.66 bits per heavy atom. The highest BCUT2D eigenvalue weighted by Crippen LogP contribution is 2.35. The maximum Gasteiger partial charge on any atom is 0.361 e. The van der Waals surface area contributed by atoms with Crippen LogP contribution in [0.3, 0.4) is 0 Å². The number of carboxylic acids is 4. The topological polar surface area (TPSA) is 243 Å². The standard InChI is InChI=1S/C17H20N2O13/c20-9-3-8(4-10(21)14(9)28)17(31)32-15(16(29)30)19(7-13(26)27)2-1-18(5-11(22)23)6-12(24)25/h3-4,15,20-21,28H,1-2,5-7H2,(H,22,23)(H,24,25)(H,26,27)(H,29,30). The number of rotatable bonds is 13. The molecule has 0 heterocycles. The Labute approximate surface area is 178 Å². The first-order chi connectivity index (χ1) is 14.8. The molecular weight excluding hydrogens is 440 g/mol. The Hall–Kier alpha value is -4.11. The minimum Gasteiger partial charge on any atom is -0.504 e. The van der Waals surface area contributed by atoms with Crippen LogP contribution in [0.15, 0.2) is 12.1 Å². The lowest BCUT2D eigenvalue weighted by Gasteiger charge is -2.29. The highest BCUT2D eigenvalue weighted by Gasteiger charge is 2.32. The van der Waals surface area contributed by atoms with Gasteiger partial charge in [-0.15, -0.1) is 0 Å². The van der Waals surface area contributed by atoms with Crippen molar-refractivity contribution in [1.29, 1.82) is 0 Å². The fourth-order valence-corrected chi connectivity index (χ4v) is 2.49. The lowest BCUT2D eigenvalue weighted by molar-refractivity contribution is -0.162. The first-order valence-corrected chi connectivity index (χ1v) is 8.62. The molecule has 0 spiro atoms. The third-order valence-corrected chi connectivity index (χ3v) is 3.83. The average Bonchev–Trinajstić information content (AvgIpc) is 2.65. The van der Waals surface area contributed by atoms with Gasteiger partial charge < -0.3 is 40.5 Å². The summed E-state index contributed by atoms with van der Waals surface area (Å²) in [5, 5.41) is 64.4. The number of nitrogens with zero attached hydrogens (tertiary/aromatic N) is 2. The van der Waals surface area contributed by atoms with E-state index < -0.39 is 91.6 Å². The molecule has 1 unspecified atom stereocenters. The Balaban J connectivity index is 3.09. The zero-order valence-electron chi connectivity index (χ0n) is 16.2. The van der Waals surface area contributed by atoms with Gasteiger partial charge in [-0.25, -0.2) is 14.5 Å². The Morgan fingerprint density at radius 2 is 1.25 bits per heavy atom. The summed E-state index contributed by atoms with van der Waals surface area (Å²) in [7, 11) is 0. The molecule has 32 heavy (non-hydrogen) atoms. The quantitative estimate of drug-likeness (QED) is 0.0978. The summed E-state index contributed by atoms with van der Waals surface area (Å²) in [4.78, 5) is 58.3. The Kier molecular flexibility index (Phi) is 9.18. The van der Waals surface area contributed by atoms with Crippen molar-refractivity contribution in [2.45, 2.75) is 6.23 Å². The number of aliphatic carboxylic acids is 4. The molecule has 7 N–H and O–H groups in total. The zero-order chi connectivity index (χ0) is 24.6. The first kappa shape index (κ1) is 25.9. The van der Waals surface area contributed by atoms with E-state index in [2.05, 4.69) is 0 Å². The van der Waals surface area contributed by atoms with E-state index >= 15 is 0 Å². The number of hydrogen-bond donors (Lipinski definition) is 7. The molecule has 0 bridgehead atoms. The molecule has 176 valence electrons. The van der Waals surface area contributed by atoms with Gasteiger partial charge in [0.1, 0.15) is 6.54 Å². The van der Waals surface area contributed by atoms with E-state index in [-0.39, 0.29) is 0 Å². The maximum absolute atomic E-state index is 12.3. The van der Waals surface area contributed by atoms with E-state index in [9.17, 15) is 44.4 Å². The van der Waals surface area contributed by atoms with Gasteiger partial charge in [-0.1, -0.05) is 0 Å². The molecule has 0 radical (unpaired) electrons. The second kappa shape index (κ2) is 11.3. The van der Waals surface area contributed by atoms with Gasteiger partial charge in [-0.05, 0) is 12.1 Å². The number of carbonyl (C=O) groups excluding carboxylic acids is 1. The minimum atomic E-state index is -2.21. The summed E-state index contributed by atoms with van der Waals surface area (Å²) >= 11 is 0. The third kappa shape index (κ3) is 7.96. The number of benzene rings is 1. The smallest absolute Gasteiger partial charge is 0.361 e. The molecule has 1 aromatic rings. The van der Waals surface area contributed by atoms with E-state index in [1.165, 1.54) is 0 Å². The lowest BCUT2D eigenvalue weighted by Crippen LogP contribution is -2.50. The molecule has 0 amide bonds. The normalized spacial score (nSPS) is 11.8. The maximum atomic E-state index is 12.3. The predicted octanol–water partition coefficient (Wildman–Crippen LogP) is -1.77. The molecule has 0 aliphatic rings. The number of carboxylic acid groups (broad SMARTS) is 4. The molecule has 0 saturated heterocycles. The molecule has 0 fully saturated rings. The van der Waals surface area contributed by atoms with E-state index in [0.29, 0.717) is 17.0 Å². The van der Waals surface area contributed by atoms with Gasteiger partial charge in [0.05, 0.1) is 18.7 Å². The summed E-state index contributed by atoms with van der Waals surface area (Å²) in [5.41, 5.74) is -0.572. The number of aromatic hydroxyl groups is 3. The summed E-state index contributed by atoms with van der Waals surface area (Å²) in [6.45, 7) is -3.39. The van der Waals surface area contributed by atoms with E-state index in [4.69, 9.17) is 20.1 Å². The number of carbonyl (C=O) groups is 5. The number of phenolic OH excluding ortho intramolecular Hbond substituents is 3. The van der Waals surface area contributed by atoms with Crippen molar-refractivity contribution >= 4 is 29.8 Å². The first-order valence-electron chi connectivity index (χ1n) is 8.62. The van der Waals surface area contributed by atoms with Crippen molar-refractivity contribution in [3.63, 3.8) is 0 Å². The molecule has 0 aromatic heterocycles. The SMILES string of the molecule is O=C(O)CN(CCN(CC(=O)O)C(OC(=O)c1cc(O)c(O)c(O)c1)C(=O)O)CC(=O)O. The molecule has 1 rings (SSSR count). The van der Waals surface area contributed by atoms with Crippen LogP contribution in [0.1, 0.15) is 10.4 Å². The van der Waals surface area contributed by atoms with Gasteiger partial charge in [0.15, 0.2) is 17.2 Å². The second-order valence-electron chi connectivity index (χ2n) is 6.32. The number of phenols is 3. The predicted molar refractivity (Wildman–Crippen MR) is 99.2 cm³/mol. The van der Waals surface area contributed by atoms with Crippen LogP contribution in [-0.2, 0) is 23.9 Å². The minimum absolute atomic E-state index is 0.409. The summed E-state index contributed by atoms with van der Waals surface area (Å²) in [6, 6.07) is 1.33. The van der Waals surface area contributed by atoms with Crippen LogP contribution in [0.25, 0.3) is 0 Å². The molecule has 0 aliphatic carbocycles. The van der Waals surface area contributed by atoms with Gasteiger partial charge in [-0.3, -0.25) is 19.3 Å². The van der Waals surface area contributed by atoms with Gasteiger partial charge >= 0.3 is 29.8 Å². The van der Waals surface area contributed by atoms with Crippen LogP contribution < -0.4 is 0 Å². The fourth-order valence-electron chi connectivity index (χ4n) is 2.49. The summed E-state index contributed by atoms with van der Waals surface area (Å²) in [6.07, 6.45) is -2.21. The van der Waals surface area contributed by atoms with Crippen LogP contribution in [0, 0.1) is 0 Å². The van der Waals surface area contributed by atoms with Gasteiger partial charge in [0.2, 0.25) is 0 Å². The van der Waals surface area contributed by atoms with Crippen molar-refractivity contribution in [3.05, 3.63) is 17.7 Å². The van der Waals surface area contributed by atoms with E-state index in [0.717, 1.165) is 4.90 Å². The van der Waals surface area contributed by atoms with E-state index in [1.54, 1.807) is 0 Å². The molecule has 1 aromatic carbocycles. The van der Waals surface area contributed by atoms with Gasteiger partial charge in [0, 0.05) is 13.1 Å². The van der Waals surface area contributed by atoms with Crippen LogP contribution in [-0.4, -0.2) is 114 Å². The molecular formula is C17H20N2O13. The largest absolute Gasteiger partial charge is 0.504 e. The summed E-state index contributed by atoms with van der Waals surface area (Å²) < 4.78 is 4.77. The second-order valence-corrected chi connectivity index (χ2v) is 6.32. The number of esters is 1. The zero-order valence-corrected chi connectivity index (χ0v) is 16.2. The van der Waals surface area contributed by atoms with Crippen LogP contribution >= 0.6 is 0 Å². The van der Waals surface area contributed by atoms with Gasteiger partial charge in [0.25, 0.3) is 6.23 Å². The molecule has 1 atom stereocenters. The van der Waals surface area contributed by atoms with Crippen LogP contribution in [0.4, 0.5) is 0 Å². The third-order valence-electron chi connectivity index (χ3n) is 3.83. The van der Waals surface area contributed by atoms with Crippen molar-refractivity contribution < 1.29 is 64.5 Å².